The number of aliphatic hydroxyl groups is 1. The summed E-state index contributed by atoms with van der Waals surface area (Å²) in [6, 6.07) is 4.75. The van der Waals surface area contributed by atoms with E-state index in [-0.39, 0.29) is 11.5 Å². The van der Waals surface area contributed by atoms with Crippen molar-refractivity contribution in [3.8, 4) is 11.5 Å². The molecule has 1 aromatic carbocycles. The van der Waals surface area contributed by atoms with E-state index in [4.69, 9.17) is 9.47 Å². The highest BCUT2D eigenvalue weighted by Gasteiger charge is 2.28. The Morgan fingerprint density at radius 1 is 1.00 bits per heavy atom. The molecule has 3 N–H and O–H groups in total. The van der Waals surface area contributed by atoms with Gasteiger partial charge in [-0.25, -0.2) is 0 Å². The SMILES string of the molecule is C[NH2+]C[C@H](O)c1ccc(OC(=O)C(C)(C)C)c(OC(=O)C(C)(C)C)c1. The van der Waals surface area contributed by atoms with Crippen LogP contribution in [0.1, 0.15) is 53.2 Å². The Balaban J connectivity index is 3.22. The number of benzene rings is 1. The molecular weight excluding hydrogens is 322 g/mol. The quantitative estimate of drug-likeness (QED) is 0.623. The average Bonchev–Trinajstić information content (AvgIpc) is 2.47. The number of quaternary nitrogens is 1. The van der Waals surface area contributed by atoms with Gasteiger partial charge in [0.25, 0.3) is 0 Å². The third-order valence-corrected chi connectivity index (χ3v) is 3.44. The highest BCUT2D eigenvalue weighted by Crippen LogP contribution is 2.33. The molecule has 6 heteroatoms. The van der Waals surface area contributed by atoms with Gasteiger partial charge in [0, 0.05) is 0 Å². The van der Waals surface area contributed by atoms with E-state index in [1.807, 2.05) is 12.4 Å². The van der Waals surface area contributed by atoms with Gasteiger partial charge in [0.15, 0.2) is 11.5 Å². The fourth-order valence-electron chi connectivity index (χ4n) is 1.76. The monoisotopic (exact) mass is 352 g/mol. The smallest absolute Gasteiger partial charge is 0.316 e. The first-order valence-corrected chi connectivity index (χ1v) is 8.40. The van der Waals surface area contributed by atoms with Crippen molar-refractivity contribution < 1.29 is 29.5 Å². The minimum Gasteiger partial charge on any atom is -0.422 e. The van der Waals surface area contributed by atoms with E-state index >= 15 is 0 Å². The maximum absolute atomic E-state index is 12.2. The van der Waals surface area contributed by atoms with Crippen molar-refractivity contribution in [3.05, 3.63) is 23.8 Å². The number of nitrogens with two attached hydrogens (primary N) is 1. The van der Waals surface area contributed by atoms with Gasteiger partial charge in [-0.1, -0.05) is 6.07 Å². The van der Waals surface area contributed by atoms with Gasteiger partial charge in [-0.15, -0.1) is 0 Å². The Kier molecular flexibility index (Phi) is 6.74. The van der Waals surface area contributed by atoms with Crippen molar-refractivity contribution in [1.29, 1.82) is 0 Å². The van der Waals surface area contributed by atoms with Crippen LogP contribution < -0.4 is 14.8 Å². The molecule has 0 heterocycles. The maximum atomic E-state index is 12.2. The van der Waals surface area contributed by atoms with Crippen molar-refractivity contribution in [2.75, 3.05) is 13.6 Å². The minimum absolute atomic E-state index is 0.130. The van der Waals surface area contributed by atoms with Gasteiger partial charge in [0.2, 0.25) is 0 Å². The van der Waals surface area contributed by atoms with Crippen LogP contribution in [0.2, 0.25) is 0 Å². The zero-order valence-electron chi connectivity index (χ0n) is 16.2. The molecule has 0 aliphatic rings. The summed E-state index contributed by atoms with van der Waals surface area (Å²) in [6.07, 6.45) is -0.718. The first-order chi connectivity index (χ1) is 11.4. The molecule has 0 unspecified atom stereocenters. The number of ether oxygens (including phenoxy) is 2. The molecule has 1 aromatic rings. The van der Waals surface area contributed by atoms with Crippen LogP contribution >= 0.6 is 0 Å². The van der Waals surface area contributed by atoms with Crippen molar-refractivity contribution in [1.82, 2.24) is 0 Å². The largest absolute Gasteiger partial charge is 0.422 e. The Bertz CT molecular complexity index is 626. The number of carbonyl (C=O) groups excluding carboxylic acids is 2. The lowest BCUT2D eigenvalue weighted by atomic mass is 9.97. The third kappa shape index (κ3) is 6.14. The lowest BCUT2D eigenvalue weighted by Gasteiger charge is -2.21. The normalized spacial score (nSPS) is 13.3. The van der Waals surface area contributed by atoms with Crippen LogP contribution in [0.5, 0.6) is 11.5 Å². The second-order valence-electron chi connectivity index (χ2n) is 8.14. The van der Waals surface area contributed by atoms with Crippen LogP contribution in [0.4, 0.5) is 0 Å². The van der Waals surface area contributed by atoms with E-state index in [9.17, 15) is 14.7 Å². The van der Waals surface area contributed by atoms with Crippen LogP contribution in [0.15, 0.2) is 18.2 Å². The van der Waals surface area contributed by atoms with E-state index in [1.54, 1.807) is 59.7 Å². The first-order valence-electron chi connectivity index (χ1n) is 8.40. The second-order valence-corrected chi connectivity index (χ2v) is 8.14. The second kappa shape index (κ2) is 7.97. The molecule has 0 aromatic heterocycles. The first kappa shape index (κ1) is 21.1. The van der Waals surface area contributed by atoms with Gasteiger partial charge >= 0.3 is 11.9 Å². The molecule has 25 heavy (non-hydrogen) atoms. The van der Waals surface area contributed by atoms with Gasteiger partial charge in [-0.3, -0.25) is 9.59 Å². The molecule has 1 atom stereocenters. The predicted octanol–water partition coefficient (Wildman–Crippen LogP) is 1.82. The summed E-state index contributed by atoms with van der Waals surface area (Å²) in [4.78, 5) is 24.4. The maximum Gasteiger partial charge on any atom is 0.316 e. The fraction of sp³-hybridized carbons (Fsp3) is 0.579. The molecule has 140 valence electrons. The predicted molar refractivity (Wildman–Crippen MR) is 94.3 cm³/mol. The van der Waals surface area contributed by atoms with Crippen LogP contribution in [-0.4, -0.2) is 30.6 Å². The Morgan fingerprint density at radius 3 is 1.92 bits per heavy atom. The summed E-state index contributed by atoms with van der Waals surface area (Å²) in [5, 5.41) is 12.0. The number of carbonyl (C=O) groups is 2. The summed E-state index contributed by atoms with van der Waals surface area (Å²) in [6.45, 7) is 10.9. The molecule has 0 saturated carbocycles. The molecule has 0 spiro atoms. The van der Waals surface area contributed by atoms with Crippen molar-refractivity contribution in [2.45, 2.75) is 47.6 Å². The van der Waals surface area contributed by atoms with Gasteiger partial charge in [-0.2, -0.15) is 0 Å². The molecule has 1 rings (SSSR count). The molecule has 0 bridgehead atoms. The molecule has 6 nitrogen and oxygen atoms in total. The van der Waals surface area contributed by atoms with E-state index in [2.05, 4.69) is 0 Å². The molecule has 0 aliphatic heterocycles. The Hall–Kier alpha value is -1.92. The van der Waals surface area contributed by atoms with Crippen molar-refractivity contribution in [2.24, 2.45) is 10.8 Å². The summed E-state index contributed by atoms with van der Waals surface area (Å²) in [5.74, 6) is -0.593. The van der Waals surface area contributed by atoms with Crippen LogP contribution in [0, 0.1) is 10.8 Å². The summed E-state index contributed by atoms with van der Waals surface area (Å²) in [7, 11) is 1.85. The van der Waals surface area contributed by atoms with Crippen molar-refractivity contribution in [3.63, 3.8) is 0 Å². The number of esters is 2. The average molecular weight is 352 g/mol. The molecule has 0 amide bonds. The van der Waals surface area contributed by atoms with Gasteiger partial charge < -0.3 is 19.9 Å². The summed E-state index contributed by atoms with van der Waals surface area (Å²) in [5.41, 5.74) is -0.817. The van der Waals surface area contributed by atoms with E-state index in [0.717, 1.165) is 0 Å². The van der Waals surface area contributed by atoms with E-state index < -0.39 is 28.9 Å². The molecule has 0 fully saturated rings. The Labute approximate surface area is 149 Å². The third-order valence-electron chi connectivity index (χ3n) is 3.44. The highest BCUT2D eigenvalue weighted by atomic mass is 16.6. The zero-order valence-corrected chi connectivity index (χ0v) is 16.2. The van der Waals surface area contributed by atoms with Gasteiger partial charge in [0.1, 0.15) is 12.6 Å². The summed E-state index contributed by atoms with van der Waals surface area (Å²) >= 11 is 0. The number of likely N-dealkylation sites (N-methyl/N-ethyl adjacent to an activating group) is 1. The van der Waals surface area contributed by atoms with E-state index in [1.165, 1.54) is 0 Å². The minimum atomic E-state index is -0.718. The van der Waals surface area contributed by atoms with Gasteiger partial charge in [0.05, 0.1) is 17.9 Å². The lowest BCUT2D eigenvalue weighted by Crippen LogP contribution is -2.80. The number of rotatable bonds is 5. The summed E-state index contributed by atoms with van der Waals surface area (Å²) < 4.78 is 10.9. The topological polar surface area (TPSA) is 89.4 Å². The zero-order chi connectivity index (χ0) is 19.4. The van der Waals surface area contributed by atoms with Gasteiger partial charge in [-0.05, 0) is 59.2 Å². The Morgan fingerprint density at radius 2 is 1.48 bits per heavy atom. The number of hydrogen-bond donors (Lipinski definition) is 2. The standard InChI is InChI=1S/C19H29NO5/c1-18(2,3)16(22)24-14-9-8-12(13(21)11-20-7)10-15(14)25-17(23)19(4,5)6/h8-10,13,20-21H,11H2,1-7H3/p+1/t13-/m0/s1. The van der Waals surface area contributed by atoms with Crippen LogP contribution in [-0.2, 0) is 9.59 Å². The van der Waals surface area contributed by atoms with Crippen molar-refractivity contribution >= 4 is 11.9 Å². The fourth-order valence-corrected chi connectivity index (χ4v) is 1.76. The number of hydrogen-bond acceptors (Lipinski definition) is 5. The lowest BCUT2D eigenvalue weighted by molar-refractivity contribution is -0.634. The van der Waals surface area contributed by atoms with Crippen LogP contribution in [0.3, 0.4) is 0 Å². The van der Waals surface area contributed by atoms with E-state index in [0.29, 0.717) is 12.1 Å². The molecule has 0 radical (unpaired) electrons. The van der Waals surface area contributed by atoms with Crippen LogP contribution in [0.25, 0.3) is 0 Å². The molecule has 0 saturated heterocycles. The number of aliphatic hydroxyl groups excluding tert-OH is 1. The molecular formula is C19H30NO5+. The molecule has 0 aliphatic carbocycles. The highest BCUT2D eigenvalue weighted by molar-refractivity contribution is 5.81.